The first-order valence-corrected chi connectivity index (χ1v) is 27.1. The van der Waals surface area contributed by atoms with E-state index in [1.165, 1.54) is 98.0 Å². The summed E-state index contributed by atoms with van der Waals surface area (Å²) in [4.78, 5) is 4.89. The maximum atomic E-state index is 6.31. The van der Waals surface area contributed by atoms with Crippen LogP contribution in [0.2, 0.25) is 0 Å². The van der Waals surface area contributed by atoms with Crippen LogP contribution in [0.5, 0.6) is 5.75 Å². The van der Waals surface area contributed by atoms with Gasteiger partial charge < -0.3 is 14.5 Å². The van der Waals surface area contributed by atoms with Crippen molar-refractivity contribution >= 4 is 98.8 Å². The van der Waals surface area contributed by atoms with E-state index < -0.39 is 0 Å². The molecule has 13 aromatic carbocycles. The molecule has 3 heteroatoms. The summed E-state index contributed by atoms with van der Waals surface area (Å²) >= 11 is 0. The van der Waals surface area contributed by atoms with Gasteiger partial charge in [-0.25, -0.2) is 0 Å². The van der Waals surface area contributed by atoms with Gasteiger partial charge in [-0.05, 0) is 186 Å². The van der Waals surface area contributed by atoms with E-state index in [9.17, 15) is 0 Å². The van der Waals surface area contributed by atoms with Gasteiger partial charge in [-0.15, -0.1) is 0 Å². The standard InChI is InChI=1S/C72H60N2O/c1-5-19-48-31-35-53(36-32-48)73(52-25-15-10-16-26-52)63-45-43-61-67-57(63)27-17-29-59(67)69-65(50-21-11-8-12-22-50)72-62-44-46-64(58-28-18-30-60(68(58)62)70(72)66(71(61)69)51-23-13-9-14-24-51)74(54-37-33-49(20-6-2)34-38-54)55-39-41-56(42-40-55)75-47(4)7-3/h8-18,21-47H,5-7,19-20H2,1-4H3. The van der Waals surface area contributed by atoms with E-state index in [-0.39, 0.29) is 6.10 Å². The number of hydrogen-bond acceptors (Lipinski definition) is 3. The second kappa shape index (κ2) is 19.3. The smallest absolute Gasteiger partial charge is 0.119 e. The van der Waals surface area contributed by atoms with Gasteiger partial charge in [0.15, 0.2) is 0 Å². The summed E-state index contributed by atoms with van der Waals surface area (Å²) in [7, 11) is 0. The predicted octanol–water partition coefficient (Wildman–Crippen LogP) is 20.8. The number of aryl methyl sites for hydroxylation is 2. The number of fused-ring (bicyclic) bond motifs is 6. The lowest BCUT2D eigenvalue weighted by molar-refractivity contribution is 0.217. The van der Waals surface area contributed by atoms with Gasteiger partial charge in [0.1, 0.15) is 5.75 Å². The van der Waals surface area contributed by atoms with E-state index in [4.69, 9.17) is 4.74 Å². The first kappa shape index (κ1) is 46.1. The van der Waals surface area contributed by atoms with E-state index in [0.29, 0.717) is 0 Å². The van der Waals surface area contributed by atoms with Crippen molar-refractivity contribution in [1.29, 1.82) is 0 Å². The number of nitrogens with zero attached hydrogens (tertiary/aromatic N) is 2. The summed E-state index contributed by atoms with van der Waals surface area (Å²) in [6.07, 6.45) is 5.44. The molecule has 0 fully saturated rings. The Kier molecular flexibility index (Phi) is 11.9. The monoisotopic (exact) mass is 968 g/mol. The third kappa shape index (κ3) is 7.80. The zero-order chi connectivity index (χ0) is 50.6. The van der Waals surface area contributed by atoms with Crippen LogP contribution in [0.3, 0.4) is 0 Å². The minimum Gasteiger partial charge on any atom is -0.491 e. The van der Waals surface area contributed by atoms with Crippen LogP contribution in [-0.2, 0) is 12.8 Å². The highest BCUT2D eigenvalue weighted by atomic mass is 16.5. The Morgan fingerprint density at radius 1 is 0.333 bits per heavy atom. The van der Waals surface area contributed by atoms with Crippen molar-refractivity contribution in [2.45, 2.75) is 65.9 Å². The lowest BCUT2D eigenvalue weighted by atomic mass is 9.87. The minimum atomic E-state index is 0.140. The van der Waals surface area contributed by atoms with E-state index >= 15 is 0 Å². The summed E-state index contributed by atoms with van der Waals surface area (Å²) in [6, 6.07) is 83.9. The molecule has 0 aromatic heterocycles. The van der Waals surface area contributed by atoms with Crippen LogP contribution < -0.4 is 14.5 Å². The molecule has 0 saturated heterocycles. The summed E-state index contributed by atoms with van der Waals surface area (Å²) < 4.78 is 6.31. The Morgan fingerprint density at radius 2 is 0.693 bits per heavy atom. The van der Waals surface area contributed by atoms with Crippen molar-refractivity contribution in [3.63, 3.8) is 0 Å². The number of ether oxygens (including phenoxy) is 1. The van der Waals surface area contributed by atoms with Crippen LogP contribution in [-0.4, -0.2) is 6.10 Å². The van der Waals surface area contributed by atoms with E-state index in [0.717, 1.165) is 72.0 Å². The molecule has 75 heavy (non-hydrogen) atoms. The molecule has 13 rings (SSSR count). The third-order valence-electron chi connectivity index (χ3n) is 15.7. The quantitative estimate of drug-likeness (QED) is 0.102. The fourth-order valence-electron chi connectivity index (χ4n) is 12.2. The van der Waals surface area contributed by atoms with E-state index in [1.807, 2.05) is 0 Å². The number of benzene rings is 11. The summed E-state index contributed by atoms with van der Waals surface area (Å²) in [5, 5.41) is 15.3. The maximum Gasteiger partial charge on any atom is 0.119 e. The lowest BCUT2D eigenvalue weighted by Gasteiger charge is -2.27. The summed E-state index contributed by atoms with van der Waals surface area (Å²) in [5.74, 6) is 0.885. The zero-order valence-electron chi connectivity index (χ0n) is 43.3. The molecule has 0 bridgehead atoms. The van der Waals surface area contributed by atoms with Gasteiger partial charge in [0, 0.05) is 33.5 Å². The molecule has 1 unspecified atom stereocenters. The van der Waals surface area contributed by atoms with Crippen molar-refractivity contribution in [3.8, 4) is 28.0 Å². The topological polar surface area (TPSA) is 15.7 Å². The molecule has 0 heterocycles. The molecule has 1 atom stereocenters. The number of para-hydroxylation sites is 1. The molecular formula is C72H60N2O. The van der Waals surface area contributed by atoms with Crippen LogP contribution >= 0.6 is 0 Å². The SMILES string of the molecule is CCCc1ccc(N(c2ccccc2)c2ccc3c4c(-c5ccccc5)c5c6cccc7c(N(c8ccc(CCC)cc8)c8ccc(OC(C)CC)cc8)ccc(c5c(-c5ccccc5)c4c4cccc2c43)c76)cc1. The van der Waals surface area contributed by atoms with Crippen LogP contribution in [0.25, 0.3) is 86.9 Å². The highest BCUT2D eigenvalue weighted by Crippen LogP contribution is 2.57. The first-order chi connectivity index (χ1) is 37.0. The van der Waals surface area contributed by atoms with Crippen molar-refractivity contribution < 1.29 is 4.74 Å². The van der Waals surface area contributed by atoms with E-state index in [2.05, 4.69) is 262 Å². The summed E-state index contributed by atoms with van der Waals surface area (Å²) in [6.45, 7) is 8.80. The Balaban J connectivity index is 1.13. The summed E-state index contributed by atoms with van der Waals surface area (Å²) in [5.41, 5.74) is 14.5. The van der Waals surface area contributed by atoms with Gasteiger partial charge in [-0.3, -0.25) is 0 Å². The Labute approximate surface area is 440 Å². The van der Waals surface area contributed by atoms with Gasteiger partial charge in [-0.1, -0.05) is 185 Å². The van der Waals surface area contributed by atoms with Crippen molar-refractivity contribution in [1.82, 2.24) is 0 Å². The van der Waals surface area contributed by atoms with Crippen molar-refractivity contribution in [3.05, 3.63) is 236 Å². The molecule has 3 nitrogen and oxygen atoms in total. The van der Waals surface area contributed by atoms with Crippen LogP contribution in [0.15, 0.2) is 224 Å². The molecule has 13 aromatic rings. The normalized spacial score (nSPS) is 12.2. The Hall–Kier alpha value is -8.66. The van der Waals surface area contributed by atoms with E-state index in [1.54, 1.807) is 0 Å². The second-order valence-electron chi connectivity index (χ2n) is 20.4. The molecular weight excluding hydrogens is 909 g/mol. The molecule has 0 amide bonds. The molecule has 0 aliphatic carbocycles. The molecule has 364 valence electrons. The molecule has 0 saturated carbocycles. The van der Waals surface area contributed by atoms with Gasteiger partial charge in [0.05, 0.1) is 17.5 Å². The molecule has 0 spiro atoms. The van der Waals surface area contributed by atoms with Gasteiger partial charge in [0.2, 0.25) is 0 Å². The van der Waals surface area contributed by atoms with Crippen molar-refractivity contribution in [2.24, 2.45) is 0 Å². The molecule has 0 radical (unpaired) electrons. The number of hydrogen-bond donors (Lipinski definition) is 0. The number of rotatable bonds is 15. The molecule has 0 N–H and O–H groups in total. The Morgan fingerprint density at radius 3 is 1.09 bits per heavy atom. The maximum absolute atomic E-state index is 6.31. The average Bonchev–Trinajstić information content (AvgIpc) is 4.18. The van der Waals surface area contributed by atoms with Crippen LogP contribution in [0, 0.1) is 0 Å². The van der Waals surface area contributed by atoms with Crippen molar-refractivity contribution in [2.75, 3.05) is 9.80 Å². The van der Waals surface area contributed by atoms with Crippen LogP contribution in [0.1, 0.15) is 58.1 Å². The van der Waals surface area contributed by atoms with Gasteiger partial charge in [0.25, 0.3) is 0 Å². The minimum absolute atomic E-state index is 0.140. The first-order valence-electron chi connectivity index (χ1n) is 27.1. The zero-order valence-corrected chi connectivity index (χ0v) is 43.3. The largest absolute Gasteiger partial charge is 0.491 e. The highest BCUT2D eigenvalue weighted by Gasteiger charge is 2.30. The number of anilines is 6. The van der Waals surface area contributed by atoms with Gasteiger partial charge >= 0.3 is 0 Å². The highest BCUT2D eigenvalue weighted by molar-refractivity contribution is 6.47. The fraction of sp³-hybridized carbons (Fsp3) is 0.139. The lowest BCUT2D eigenvalue weighted by Crippen LogP contribution is -2.12. The van der Waals surface area contributed by atoms with Gasteiger partial charge in [-0.2, -0.15) is 0 Å². The second-order valence-corrected chi connectivity index (χ2v) is 20.4. The fourth-order valence-corrected chi connectivity index (χ4v) is 12.2. The van der Waals surface area contributed by atoms with Crippen LogP contribution in [0.4, 0.5) is 34.1 Å². The predicted molar refractivity (Wildman–Crippen MR) is 322 cm³/mol. The molecule has 0 aliphatic heterocycles. The third-order valence-corrected chi connectivity index (χ3v) is 15.7. The molecule has 0 aliphatic rings. The Bertz CT molecular complexity index is 4030. The average molecular weight is 969 g/mol.